The third-order valence-electron chi connectivity index (χ3n) is 6.48. The van der Waals surface area contributed by atoms with Crippen molar-refractivity contribution in [3.8, 4) is 11.5 Å². The molecule has 0 aromatic heterocycles. The van der Waals surface area contributed by atoms with Gasteiger partial charge in [0.2, 0.25) is 0 Å². The minimum Gasteiger partial charge on any atom is -0.497 e. The van der Waals surface area contributed by atoms with Gasteiger partial charge >= 0.3 is 0 Å². The average molecular weight is 389 g/mol. The van der Waals surface area contributed by atoms with Crippen LogP contribution < -0.4 is 9.47 Å². The van der Waals surface area contributed by atoms with E-state index in [1.54, 1.807) is 18.1 Å². The highest BCUT2D eigenvalue weighted by atomic mass is 16.5. The summed E-state index contributed by atoms with van der Waals surface area (Å²) in [6.45, 7) is 3.12. The van der Waals surface area contributed by atoms with Gasteiger partial charge in [-0.1, -0.05) is 12.8 Å². The molecule has 28 heavy (non-hydrogen) atoms. The lowest BCUT2D eigenvalue weighted by Gasteiger charge is -2.36. The molecule has 1 atom stereocenters. The number of piperidine rings is 1. The first kappa shape index (κ1) is 19.5. The van der Waals surface area contributed by atoms with Crippen molar-refractivity contribution in [3.05, 3.63) is 23.8 Å². The van der Waals surface area contributed by atoms with E-state index in [9.17, 15) is 9.90 Å². The van der Waals surface area contributed by atoms with Crippen LogP contribution >= 0.6 is 0 Å². The van der Waals surface area contributed by atoms with Gasteiger partial charge in [-0.05, 0) is 50.3 Å². The molecule has 0 radical (unpaired) electrons. The van der Waals surface area contributed by atoms with Crippen molar-refractivity contribution < 1.29 is 19.4 Å². The van der Waals surface area contributed by atoms with Crippen LogP contribution in [0.15, 0.2) is 18.2 Å². The van der Waals surface area contributed by atoms with E-state index in [0.717, 1.165) is 32.0 Å². The molecule has 3 fully saturated rings. The Kier molecular flexibility index (Phi) is 6.07. The van der Waals surface area contributed by atoms with Crippen LogP contribution in [0.25, 0.3) is 0 Å². The van der Waals surface area contributed by atoms with Crippen LogP contribution in [0.3, 0.4) is 0 Å². The molecule has 2 saturated heterocycles. The maximum absolute atomic E-state index is 13.0. The van der Waals surface area contributed by atoms with Crippen LogP contribution in [0.5, 0.6) is 11.5 Å². The highest BCUT2D eigenvalue weighted by Crippen LogP contribution is 2.31. The predicted molar refractivity (Wildman–Crippen MR) is 107 cm³/mol. The van der Waals surface area contributed by atoms with E-state index < -0.39 is 6.10 Å². The molecule has 6 heteroatoms. The molecule has 2 heterocycles. The van der Waals surface area contributed by atoms with Crippen molar-refractivity contribution in [2.24, 2.45) is 0 Å². The summed E-state index contributed by atoms with van der Waals surface area (Å²) in [5, 5.41) is 9.79. The molecule has 1 aliphatic carbocycles. The van der Waals surface area contributed by atoms with Crippen LogP contribution in [-0.4, -0.2) is 72.4 Å². The molecule has 0 bridgehead atoms. The number of β-amino-alcohol motifs (C(OH)–C–C–N with tert-alkyl or cyclic N) is 1. The molecule has 1 saturated carbocycles. The average Bonchev–Trinajstić information content (AvgIpc) is 3.40. The Balaban J connectivity index is 1.43. The fraction of sp³-hybridized carbons (Fsp3) is 0.682. The summed E-state index contributed by atoms with van der Waals surface area (Å²) in [6.07, 6.45) is 7.74. The van der Waals surface area contributed by atoms with Gasteiger partial charge in [0.15, 0.2) is 0 Å². The summed E-state index contributed by atoms with van der Waals surface area (Å²) >= 11 is 0. The number of carbonyl (C=O) groups excluding carboxylic acids is 1. The third-order valence-corrected chi connectivity index (χ3v) is 6.48. The van der Waals surface area contributed by atoms with Gasteiger partial charge in [-0.3, -0.25) is 4.79 Å². The Morgan fingerprint density at radius 3 is 2.46 bits per heavy atom. The number of hydrogen-bond acceptors (Lipinski definition) is 5. The molecular formula is C22H32N2O4. The first-order chi connectivity index (χ1) is 13.6. The number of ether oxygens (including phenoxy) is 2. The SMILES string of the molecule is COc1ccc(OC2CCN(C3CCCC3)CC2)c(C(=O)N2CC[C@@H](O)C2)c1. The van der Waals surface area contributed by atoms with Gasteiger partial charge in [-0.25, -0.2) is 0 Å². The summed E-state index contributed by atoms with van der Waals surface area (Å²) in [7, 11) is 1.60. The fourth-order valence-electron chi connectivity index (χ4n) is 4.81. The van der Waals surface area contributed by atoms with Crippen molar-refractivity contribution in [1.82, 2.24) is 9.80 Å². The fourth-order valence-corrected chi connectivity index (χ4v) is 4.81. The Labute approximate surface area is 167 Å². The quantitative estimate of drug-likeness (QED) is 0.840. The molecule has 1 N–H and O–H groups in total. The molecule has 1 amide bonds. The second kappa shape index (κ2) is 8.70. The topological polar surface area (TPSA) is 62.2 Å². The smallest absolute Gasteiger partial charge is 0.257 e. The normalized spacial score (nSPS) is 24.6. The van der Waals surface area contributed by atoms with Gasteiger partial charge in [-0.15, -0.1) is 0 Å². The zero-order chi connectivity index (χ0) is 19.5. The highest BCUT2D eigenvalue weighted by Gasteiger charge is 2.30. The van der Waals surface area contributed by atoms with Crippen LogP contribution in [0, 0.1) is 0 Å². The van der Waals surface area contributed by atoms with Crippen molar-refractivity contribution in [1.29, 1.82) is 0 Å². The van der Waals surface area contributed by atoms with E-state index in [4.69, 9.17) is 9.47 Å². The van der Waals surface area contributed by atoms with Crippen LogP contribution in [0.2, 0.25) is 0 Å². The number of carbonyl (C=O) groups is 1. The molecule has 1 aromatic rings. The van der Waals surface area contributed by atoms with E-state index in [2.05, 4.69) is 4.90 Å². The zero-order valence-electron chi connectivity index (χ0n) is 16.8. The maximum Gasteiger partial charge on any atom is 0.257 e. The molecule has 0 unspecified atom stereocenters. The Hall–Kier alpha value is -1.79. The minimum atomic E-state index is -0.432. The lowest BCUT2D eigenvalue weighted by atomic mass is 10.0. The van der Waals surface area contributed by atoms with Crippen molar-refractivity contribution in [2.45, 2.75) is 63.2 Å². The zero-order valence-corrected chi connectivity index (χ0v) is 16.8. The maximum atomic E-state index is 13.0. The molecule has 0 spiro atoms. The Bertz CT molecular complexity index is 681. The minimum absolute atomic E-state index is 0.0890. The number of likely N-dealkylation sites (tertiary alicyclic amines) is 2. The van der Waals surface area contributed by atoms with Gasteiger partial charge in [0.25, 0.3) is 5.91 Å². The largest absolute Gasteiger partial charge is 0.497 e. The number of hydrogen-bond donors (Lipinski definition) is 1. The molecule has 6 nitrogen and oxygen atoms in total. The number of nitrogens with zero attached hydrogens (tertiary/aromatic N) is 2. The van der Waals surface area contributed by atoms with E-state index in [-0.39, 0.29) is 12.0 Å². The van der Waals surface area contributed by atoms with Gasteiger partial charge in [0, 0.05) is 32.2 Å². The lowest BCUT2D eigenvalue weighted by Crippen LogP contribution is -2.43. The van der Waals surface area contributed by atoms with E-state index in [1.807, 2.05) is 12.1 Å². The number of benzene rings is 1. The van der Waals surface area contributed by atoms with E-state index >= 15 is 0 Å². The molecule has 154 valence electrons. The van der Waals surface area contributed by atoms with Gasteiger partial charge in [0.05, 0.1) is 18.8 Å². The van der Waals surface area contributed by atoms with Crippen molar-refractivity contribution in [2.75, 3.05) is 33.3 Å². The highest BCUT2D eigenvalue weighted by molar-refractivity contribution is 5.97. The van der Waals surface area contributed by atoms with E-state index in [0.29, 0.717) is 36.6 Å². The third kappa shape index (κ3) is 4.28. The first-order valence-electron chi connectivity index (χ1n) is 10.7. The second-order valence-corrected chi connectivity index (χ2v) is 8.35. The summed E-state index contributed by atoms with van der Waals surface area (Å²) < 4.78 is 11.6. The summed E-state index contributed by atoms with van der Waals surface area (Å²) in [4.78, 5) is 17.3. The summed E-state index contributed by atoms with van der Waals surface area (Å²) in [5.41, 5.74) is 0.534. The van der Waals surface area contributed by atoms with Gasteiger partial charge in [0.1, 0.15) is 17.6 Å². The van der Waals surface area contributed by atoms with Crippen molar-refractivity contribution >= 4 is 5.91 Å². The van der Waals surface area contributed by atoms with Crippen LogP contribution in [-0.2, 0) is 0 Å². The number of rotatable bonds is 5. The Morgan fingerprint density at radius 2 is 1.82 bits per heavy atom. The standard InChI is InChI=1S/C22H32N2O4/c1-27-19-6-7-21(20(14-19)22(26)24-11-8-17(25)15-24)28-18-9-12-23(13-10-18)16-4-2-3-5-16/h6-7,14,16-18,25H,2-5,8-13,15H2,1H3/t17-/m1/s1. The number of aliphatic hydroxyl groups excluding tert-OH is 1. The summed E-state index contributed by atoms with van der Waals surface area (Å²) in [6, 6.07) is 6.22. The lowest BCUT2D eigenvalue weighted by molar-refractivity contribution is 0.0699. The molecule has 1 aromatic carbocycles. The van der Waals surface area contributed by atoms with Crippen LogP contribution in [0.1, 0.15) is 55.3 Å². The number of methoxy groups -OCH3 is 1. The Morgan fingerprint density at radius 1 is 1.07 bits per heavy atom. The second-order valence-electron chi connectivity index (χ2n) is 8.35. The van der Waals surface area contributed by atoms with Crippen LogP contribution in [0.4, 0.5) is 0 Å². The monoisotopic (exact) mass is 388 g/mol. The predicted octanol–water partition coefficient (Wildman–Crippen LogP) is 2.69. The molecule has 4 rings (SSSR count). The van der Waals surface area contributed by atoms with Gasteiger partial charge in [-0.2, -0.15) is 0 Å². The van der Waals surface area contributed by atoms with Gasteiger partial charge < -0.3 is 24.4 Å². The molecule has 2 aliphatic heterocycles. The molecule has 3 aliphatic rings. The first-order valence-corrected chi connectivity index (χ1v) is 10.7. The van der Waals surface area contributed by atoms with Crippen molar-refractivity contribution in [3.63, 3.8) is 0 Å². The number of aliphatic hydroxyl groups is 1. The summed E-state index contributed by atoms with van der Waals surface area (Å²) in [5.74, 6) is 1.19. The van der Waals surface area contributed by atoms with E-state index in [1.165, 1.54) is 25.7 Å². The number of amides is 1. The molecular weight excluding hydrogens is 356 g/mol.